The van der Waals surface area contributed by atoms with Crippen molar-refractivity contribution in [1.29, 1.82) is 0 Å². The van der Waals surface area contributed by atoms with E-state index in [0.29, 0.717) is 62.3 Å². The molecular weight excluding hydrogens is 608 g/mol. The molecule has 0 saturated heterocycles. The summed E-state index contributed by atoms with van der Waals surface area (Å²) >= 11 is 0. The van der Waals surface area contributed by atoms with Crippen LogP contribution in [-0.4, -0.2) is 62.1 Å². The molecule has 254 valence electrons. The summed E-state index contributed by atoms with van der Waals surface area (Å²) in [5.74, 6) is 8.30. The first-order valence-electron chi connectivity index (χ1n) is 16.5. The molecule has 3 aromatic rings. The number of aliphatic hydroxyl groups is 1. The van der Waals surface area contributed by atoms with Crippen molar-refractivity contribution in [3.05, 3.63) is 81.9 Å². The number of aliphatic imine (C=N–C) groups is 1. The van der Waals surface area contributed by atoms with Crippen LogP contribution in [0, 0.1) is 23.7 Å². The van der Waals surface area contributed by atoms with Crippen LogP contribution in [0.25, 0.3) is 0 Å². The molecule has 10 nitrogen and oxygen atoms in total. The molecule has 1 heterocycles. The first kappa shape index (κ1) is 34.6. The molecule has 5 rings (SSSR count). The number of aromatic hydroxyl groups is 1. The Morgan fingerprint density at radius 2 is 1.90 bits per heavy atom. The van der Waals surface area contributed by atoms with Crippen LogP contribution in [0.1, 0.15) is 52.6 Å². The molecule has 0 radical (unpaired) electrons. The van der Waals surface area contributed by atoms with Crippen molar-refractivity contribution in [2.45, 2.75) is 57.5 Å². The van der Waals surface area contributed by atoms with Gasteiger partial charge in [0.2, 0.25) is 0 Å². The number of nitrogens with one attached hydrogen (secondary N) is 1. The summed E-state index contributed by atoms with van der Waals surface area (Å²) in [6, 6.07) is 15.7. The fraction of sp³-hybridized carbons (Fsp3) is 0.421. The van der Waals surface area contributed by atoms with Gasteiger partial charge < -0.3 is 35.9 Å². The van der Waals surface area contributed by atoms with Crippen LogP contribution in [-0.2, 0) is 36.9 Å². The topological polar surface area (TPSA) is 162 Å². The number of phenolic OH excluding ortho intramolecular Hbond substituents is 1. The number of hydrogen-bond acceptors (Lipinski definition) is 8. The van der Waals surface area contributed by atoms with Crippen molar-refractivity contribution in [2.75, 3.05) is 34.0 Å². The number of benzene rings is 3. The van der Waals surface area contributed by atoms with Gasteiger partial charge in [-0.05, 0) is 67.8 Å². The van der Waals surface area contributed by atoms with Gasteiger partial charge in [0, 0.05) is 42.9 Å². The first-order valence-corrected chi connectivity index (χ1v) is 16.5. The van der Waals surface area contributed by atoms with Crippen LogP contribution >= 0.6 is 0 Å². The average Bonchev–Trinajstić information content (AvgIpc) is 3.08. The predicted octanol–water partition coefficient (Wildman–Crippen LogP) is 3.43. The molecule has 0 aromatic heterocycles. The first-order chi connectivity index (χ1) is 23.3. The molecule has 3 atom stereocenters. The number of aryl methyl sites for hydroxylation is 2. The number of methoxy groups -OCH3 is 1. The number of hydrogen-bond donors (Lipinski definition) is 5. The molecule has 0 fully saturated rings. The van der Waals surface area contributed by atoms with E-state index in [1.807, 2.05) is 25.2 Å². The van der Waals surface area contributed by atoms with E-state index in [1.54, 1.807) is 12.1 Å². The largest absolute Gasteiger partial charge is 0.504 e. The van der Waals surface area contributed by atoms with Crippen LogP contribution in [0.4, 0.5) is 0 Å². The van der Waals surface area contributed by atoms with Crippen molar-refractivity contribution >= 4 is 11.7 Å². The van der Waals surface area contributed by atoms with Crippen molar-refractivity contribution < 1.29 is 29.2 Å². The van der Waals surface area contributed by atoms with Crippen LogP contribution in [0.2, 0.25) is 0 Å². The molecule has 10 heteroatoms. The molecule has 1 aliphatic heterocycles. The van der Waals surface area contributed by atoms with Crippen LogP contribution in [0.5, 0.6) is 23.0 Å². The second-order valence-electron chi connectivity index (χ2n) is 12.5. The zero-order valence-corrected chi connectivity index (χ0v) is 27.8. The van der Waals surface area contributed by atoms with E-state index in [-0.39, 0.29) is 54.7 Å². The van der Waals surface area contributed by atoms with Gasteiger partial charge in [-0.1, -0.05) is 54.3 Å². The molecule has 0 saturated carbocycles. The number of ether oxygens (including phenoxy) is 3. The third kappa shape index (κ3) is 8.59. The van der Waals surface area contributed by atoms with Gasteiger partial charge in [-0.3, -0.25) is 15.1 Å². The number of rotatable bonds is 9. The number of aliphatic hydroxyl groups excluding tert-OH is 1. The lowest BCUT2D eigenvalue weighted by atomic mass is 9.79. The highest BCUT2D eigenvalue weighted by Gasteiger charge is 2.32. The van der Waals surface area contributed by atoms with Gasteiger partial charge in [0.05, 0.1) is 25.4 Å². The number of carbonyl (C=O) groups is 1. The molecule has 7 N–H and O–H groups in total. The summed E-state index contributed by atoms with van der Waals surface area (Å²) in [6.07, 6.45) is 2.75. The second-order valence-corrected chi connectivity index (χ2v) is 12.5. The summed E-state index contributed by atoms with van der Waals surface area (Å²) in [5.41, 5.74) is 17.0. The van der Waals surface area contributed by atoms with E-state index in [2.05, 4.69) is 40.3 Å². The number of Topliss-reactive ketones (excluding diaryl/α,β-unsaturated/α-hetero) is 1. The Morgan fingerprint density at radius 3 is 2.65 bits per heavy atom. The Hall–Kier alpha value is -4.72. The fourth-order valence-corrected chi connectivity index (χ4v) is 6.61. The van der Waals surface area contributed by atoms with E-state index >= 15 is 0 Å². The molecule has 0 unspecified atom stereocenters. The van der Waals surface area contributed by atoms with Crippen LogP contribution < -0.4 is 31.0 Å². The summed E-state index contributed by atoms with van der Waals surface area (Å²) in [7, 11) is 3.30. The van der Waals surface area contributed by atoms with Crippen molar-refractivity contribution in [2.24, 2.45) is 28.3 Å². The number of carbonyl (C=O) groups excluding carboxylic acids is 1. The number of ketones is 1. The summed E-state index contributed by atoms with van der Waals surface area (Å²) < 4.78 is 18.4. The standard InChI is InChI=1S/C38H46N4O6/c1-41-23-48-35-27-9-6-10-32-25(13-16-34(45)36(32)46-2)11-14-30(43)20-31(44)15-12-26(18-27)33-19-29(22-47-37(33)35)28(21-42-38(39)40)17-24-7-4-3-5-8-24/h3-5,7-8,13,16,18,28-29,31,41,44-45H,9,11-12,14-15,17,19-23H2,1-2H3,(H4,39,40,42)/t28-,29+,31+/m0/s1. The highest BCUT2D eigenvalue weighted by atomic mass is 16.5. The number of guanidine groups is 1. The molecule has 48 heavy (non-hydrogen) atoms. The maximum Gasteiger partial charge on any atom is 0.185 e. The lowest BCUT2D eigenvalue weighted by Crippen LogP contribution is -2.33. The highest BCUT2D eigenvalue weighted by molar-refractivity contribution is 5.79. The summed E-state index contributed by atoms with van der Waals surface area (Å²) in [5, 5.41) is 24.5. The van der Waals surface area contributed by atoms with E-state index in [4.69, 9.17) is 25.7 Å². The number of nitrogens with two attached hydrogens (primary N) is 2. The van der Waals surface area contributed by atoms with Crippen LogP contribution in [0.3, 0.4) is 0 Å². The van der Waals surface area contributed by atoms with Crippen molar-refractivity contribution in [3.63, 3.8) is 0 Å². The quantitative estimate of drug-likeness (QED) is 0.101. The summed E-state index contributed by atoms with van der Waals surface area (Å²) in [4.78, 5) is 17.3. The highest BCUT2D eigenvalue weighted by Crippen LogP contribution is 2.44. The lowest BCUT2D eigenvalue weighted by molar-refractivity contribution is -0.121. The Bertz CT molecular complexity index is 1680. The van der Waals surface area contributed by atoms with Gasteiger partial charge in [-0.15, -0.1) is 0 Å². The number of nitrogens with zero attached hydrogens (tertiary/aromatic N) is 1. The van der Waals surface area contributed by atoms with Gasteiger partial charge >= 0.3 is 0 Å². The molecule has 2 aliphatic rings. The molecular formula is C38H46N4O6. The molecule has 1 aliphatic carbocycles. The zero-order chi connectivity index (χ0) is 34.0. The Labute approximate surface area is 282 Å². The van der Waals surface area contributed by atoms with Gasteiger partial charge in [-0.2, -0.15) is 0 Å². The maximum absolute atomic E-state index is 12.9. The molecule has 0 spiro atoms. The minimum atomic E-state index is -0.792. The van der Waals surface area contributed by atoms with E-state index in [1.165, 1.54) is 12.7 Å². The predicted molar refractivity (Wildman–Crippen MR) is 186 cm³/mol. The Balaban J connectivity index is 1.57. The molecule has 3 aromatic carbocycles. The number of phenols is 1. The van der Waals surface area contributed by atoms with Gasteiger partial charge in [-0.25, -0.2) is 0 Å². The molecule has 0 amide bonds. The van der Waals surface area contributed by atoms with E-state index in [0.717, 1.165) is 28.7 Å². The minimum Gasteiger partial charge on any atom is -0.504 e. The zero-order valence-electron chi connectivity index (χ0n) is 27.8. The Kier molecular flexibility index (Phi) is 11.8. The molecule has 2 bridgehead atoms. The van der Waals surface area contributed by atoms with Gasteiger partial charge in [0.15, 0.2) is 29.0 Å². The summed E-state index contributed by atoms with van der Waals surface area (Å²) in [6.45, 7) is 1.19. The minimum absolute atomic E-state index is 0.0207. The average molecular weight is 655 g/mol. The monoisotopic (exact) mass is 654 g/mol. The van der Waals surface area contributed by atoms with Crippen molar-refractivity contribution in [1.82, 2.24) is 5.32 Å². The van der Waals surface area contributed by atoms with Gasteiger partial charge in [0.1, 0.15) is 12.5 Å². The normalized spacial score (nSPS) is 18.4. The fourth-order valence-electron chi connectivity index (χ4n) is 6.61. The SMILES string of the molecule is CNCOc1c2cc(c3c1OC[C@H]([C@H](CN=C(N)N)Cc1ccccc1)C3)CC[C@@H](O)CC(=O)CCc1ccc(O)c(OC)c1C#CC2. The number of fused-ring (bicyclic) bond motifs is 5. The second kappa shape index (κ2) is 16.4. The Morgan fingerprint density at radius 1 is 1.08 bits per heavy atom. The van der Waals surface area contributed by atoms with Gasteiger partial charge in [0.25, 0.3) is 0 Å². The van der Waals surface area contributed by atoms with E-state index in [9.17, 15) is 15.0 Å². The maximum atomic E-state index is 12.9. The lowest BCUT2D eigenvalue weighted by Gasteiger charge is -2.34. The van der Waals surface area contributed by atoms with E-state index < -0.39 is 6.10 Å². The third-order valence-corrected chi connectivity index (χ3v) is 9.10. The van der Waals surface area contributed by atoms with Crippen LogP contribution in [0.15, 0.2) is 53.5 Å². The third-order valence-electron chi connectivity index (χ3n) is 9.10. The smallest absolute Gasteiger partial charge is 0.185 e. The van der Waals surface area contributed by atoms with Crippen molar-refractivity contribution in [3.8, 4) is 34.8 Å².